The summed E-state index contributed by atoms with van der Waals surface area (Å²) in [7, 11) is 0. The second-order valence-electron chi connectivity index (χ2n) is 6.12. The molecule has 0 aliphatic carbocycles. The lowest BCUT2D eigenvalue weighted by molar-refractivity contribution is 0.252. The largest absolute Gasteiger partial charge is 0.489 e. The van der Waals surface area contributed by atoms with E-state index in [-0.39, 0.29) is 6.03 Å². The molecule has 0 saturated carbocycles. The second kappa shape index (κ2) is 9.53. The maximum atomic E-state index is 12.1. The van der Waals surface area contributed by atoms with E-state index in [4.69, 9.17) is 10.00 Å². The first kappa shape index (κ1) is 19.4. The first-order valence-electron chi connectivity index (χ1n) is 8.76. The van der Waals surface area contributed by atoms with Crippen molar-refractivity contribution in [3.05, 3.63) is 75.7 Å². The summed E-state index contributed by atoms with van der Waals surface area (Å²) >= 11 is 1.56. The molecule has 6 nitrogen and oxygen atoms in total. The number of hydrogen-bond acceptors (Lipinski definition) is 5. The molecule has 0 radical (unpaired) electrons. The van der Waals surface area contributed by atoms with Crippen LogP contribution in [0, 0.1) is 18.3 Å². The van der Waals surface area contributed by atoms with Crippen molar-refractivity contribution in [3.8, 4) is 11.8 Å². The molecule has 0 saturated heterocycles. The van der Waals surface area contributed by atoms with Crippen molar-refractivity contribution in [2.75, 3.05) is 5.32 Å². The minimum Gasteiger partial charge on any atom is -0.489 e. The van der Waals surface area contributed by atoms with E-state index in [1.807, 2.05) is 55.5 Å². The minimum absolute atomic E-state index is 0.266. The van der Waals surface area contributed by atoms with E-state index >= 15 is 0 Å². The molecule has 28 heavy (non-hydrogen) atoms. The summed E-state index contributed by atoms with van der Waals surface area (Å²) in [5.74, 6) is 0.734. The van der Waals surface area contributed by atoms with E-state index in [1.165, 1.54) is 0 Å². The van der Waals surface area contributed by atoms with Crippen LogP contribution in [0.15, 0.2) is 54.7 Å². The second-order valence-corrected chi connectivity index (χ2v) is 7.44. The van der Waals surface area contributed by atoms with Crippen LogP contribution in [0.2, 0.25) is 0 Å². The van der Waals surface area contributed by atoms with Crippen LogP contribution in [-0.4, -0.2) is 11.0 Å². The van der Waals surface area contributed by atoms with Crippen molar-refractivity contribution in [1.29, 1.82) is 5.26 Å². The van der Waals surface area contributed by atoms with E-state index in [2.05, 4.69) is 21.7 Å². The number of benzene rings is 2. The number of carbonyl (C=O) groups excluding carboxylic acids is 1. The maximum Gasteiger partial charge on any atom is 0.319 e. The molecule has 1 heterocycles. The fraction of sp³-hybridized carbons (Fsp3) is 0.190. The molecule has 0 bridgehead atoms. The van der Waals surface area contributed by atoms with Gasteiger partial charge in [-0.2, -0.15) is 5.26 Å². The monoisotopic (exact) mass is 392 g/mol. The average molecular weight is 392 g/mol. The van der Waals surface area contributed by atoms with Gasteiger partial charge < -0.3 is 15.4 Å². The van der Waals surface area contributed by atoms with E-state index in [0.29, 0.717) is 25.3 Å². The van der Waals surface area contributed by atoms with E-state index in [9.17, 15) is 4.79 Å². The Labute approximate surface area is 167 Å². The molecule has 2 amide bonds. The molecule has 7 heteroatoms. The van der Waals surface area contributed by atoms with Gasteiger partial charge in [0.25, 0.3) is 0 Å². The zero-order valence-electron chi connectivity index (χ0n) is 15.4. The van der Waals surface area contributed by atoms with Gasteiger partial charge in [-0.3, -0.25) is 0 Å². The van der Waals surface area contributed by atoms with E-state index in [0.717, 1.165) is 26.8 Å². The Balaban J connectivity index is 1.50. The number of aromatic nitrogens is 1. The normalized spacial score (nSPS) is 10.1. The van der Waals surface area contributed by atoms with Crippen LogP contribution < -0.4 is 15.4 Å². The molecule has 3 aromatic rings. The third kappa shape index (κ3) is 5.83. The third-order valence-electron chi connectivity index (χ3n) is 3.89. The lowest BCUT2D eigenvalue weighted by Crippen LogP contribution is -2.27. The zero-order valence-corrected chi connectivity index (χ0v) is 16.3. The predicted octanol–water partition coefficient (Wildman–Crippen LogP) is 4.42. The third-order valence-corrected chi connectivity index (χ3v) is 4.80. The molecule has 3 rings (SSSR count). The van der Waals surface area contributed by atoms with Crippen molar-refractivity contribution in [2.45, 2.75) is 26.5 Å². The summed E-state index contributed by atoms with van der Waals surface area (Å²) < 4.78 is 5.78. The maximum absolute atomic E-state index is 12.1. The van der Waals surface area contributed by atoms with Gasteiger partial charge >= 0.3 is 6.03 Å². The van der Waals surface area contributed by atoms with Crippen LogP contribution in [0.4, 0.5) is 10.5 Å². The number of urea groups is 1. The van der Waals surface area contributed by atoms with Gasteiger partial charge in [-0.1, -0.05) is 24.3 Å². The predicted molar refractivity (Wildman–Crippen MR) is 109 cm³/mol. The fourth-order valence-corrected chi connectivity index (χ4v) is 3.26. The molecule has 0 aliphatic heterocycles. The number of rotatable bonds is 7. The molecule has 0 fully saturated rings. The molecule has 0 aliphatic rings. The van der Waals surface area contributed by atoms with Crippen molar-refractivity contribution < 1.29 is 9.53 Å². The van der Waals surface area contributed by atoms with Crippen molar-refractivity contribution in [2.24, 2.45) is 0 Å². The first-order chi connectivity index (χ1) is 13.6. The van der Waals surface area contributed by atoms with E-state index < -0.39 is 0 Å². The highest BCUT2D eigenvalue weighted by molar-refractivity contribution is 7.11. The number of nitrogens with zero attached hydrogens (tertiary/aromatic N) is 2. The number of carbonyl (C=O) groups is 1. The summed E-state index contributed by atoms with van der Waals surface area (Å²) in [5, 5.41) is 15.3. The Morgan fingerprint density at radius 1 is 1.21 bits per heavy atom. The smallest absolute Gasteiger partial charge is 0.319 e. The van der Waals surface area contributed by atoms with Crippen molar-refractivity contribution in [1.82, 2.24) is 10.3 Å². The van der Waals surface area contributed by atoms with Gasteiger partial charge in [-0.15, -0.1) is 11.3 Å². The minimum atomic E-state index is -0.266. The standard InChI is InChI=1S/C21H20N4O2S/c1-15-23-12-20(28-15)13-24-21(26)25-18-4-2-3-17(11-18)14-27-19-7-5-16(6-8-19)9-10-22/h2-8,11-12H,9,13-14H2,1H3,(H2,24,25,26). The highest BCUT2D eigenvalue weighted by Gasteiger charge is 2.05. The molecule has 0 atom stereocenters. The van der Waals surface area contributed by atoms with E-state index in [1.54, 1.807) is 17.5 Å². The topological polar surface area (TPSA) is 87.0 Å². The molecule has 0 unspecified atom stereocenters. The Morgan fingerprint density at radius 2 is 2.04 bits per heavy atom. The fourth-order valence-electron chi connectivity index (χ4n) is 2.53. The van der Waals surface area contributed by atoms with Crippen LogP contribution in [0.1, 0.15) is 21.0 Å². The number of nitrogens with one attached hydrogen (secondary N) is 2. The quantitative estimate of drug-likeness (QED) is 0.623. The molecule has 2 aromatic carbocycles. The first-order valence-corrected chi connectivity index (χ1v) is 9.58. The summed E-state index contributed by atoms with van der Waals surface area (Å²) in [6, 6.07) is 16.8. The van der Waals surface area contributed by atoms with Gasteiger partial charge in [0.1, 0.15) is 12.4 Å². The molecule has 0 spiro atoms. The summed E-state index contributed by atoms with van der Waals surface area (Å²) in [5.41, 5.74) is 2.60. The van der Waals surface area contributed by atoms with Gasteiger partial charge in [-0.05, 0) is 42.3 Å². The van der Waals surface area contributed by atoms with Crippen LogP contribution in [0.25, 0.3) is 0 Å². The van der Waals surface area contributed by atoms with Crippen molar-refractivity contribution >= 4 is 23.1 Å². The van der Waals surface area contributed by atoms with Gasteiger partial charge in [0.15, 0.2) is 0 Å². The van der Waals surface area contributed by atoms with Gasteiger partial charge in [0.2, 0.25) is 0 Å². The summed E-state index contributed by atoms with van der Waals surface area (Å²) in [4.78, 5) is 17.3. The van der Waals surface area contributed by atoms with Gasteiger partial charge in [0, 0.05) is 16.8 Å². The Bertz CT molecular complexity index is 977. The Morgan fingerprint density at radius 3 is 2.75 bits per heavy atom. The molecule has 1 aromatic heterocycles. The molecule has 142 valence electrons. The van der Waals surface area contributed by atoms with Gasteiger partial charge in [-0.25, -0.2) is 9.78 Å². The lowest BCUT2D eigenvalue weighted by Gasteiger charge is -2.10. The van der Waals surface area contributed by atoms with Crippen molar-refractivity contribution in [3.63, 3.8) is 0 Å². The van der Waals surface area contributed by atoms with Crippen LogP contribution >= 0.6 is 11.3 Å². The Hall–Kier alpha value is -3.37. The number of ether oxygens (including phenoxy) is 1. The zero-order chi connectivity index (χ0) is 19.8. The number of anilines is 1. The highest BCUT2D eigenvalue weighted by atomic mass is 32.1. The number of amides is 2. The summed E-state index contributed by atoms with van der Waals surface area (Å²) in [6.45, 7) is 2.76. The SMILES string of the molecule is Cc1ncc(CNC(=O)Nc2cccc(COc3ccc(CC#N)cc3)c2)s1. The van der Waals surface area contributed by atoms with Crippen LogP contribution in [0.5, 0.6) is 5.75 Å². The molecular weight excluding hydrogens is 372 g/mol. The number of nitriles is 1. The Kier molecular flexibility index (Phi) is 6.60. The van der Waals surface area contributed by atoms with Crippen LogP contribution in [-0.2, 0) is 19.6 Å². The molecule has 2 N–H and O–H groups in total. The summed E-state index contributed by atoms with van der Waals surface area (Å²) in [6.07, 6.45) is 2.16. The number of thiazole rings is 1. The average Bonchev–Trinajstić information content (AvgIpc) is 3.12. The number of hydrogen-bond donors (Lipinski definition) is 2. The highest BCUT2D eigenvalue weighted by Crippen LogP contribution is 2.17. The number of aryl methyl sites for hydroxylation is 1. The molecular formula is C21H20N4O2S. The lowest BCUT2D eigenvalue weighted by atomic mass is 10.1. The van der Waals surface area contributed by atoms with Gasteiger partial charge in [0.05, 0.1) is 24.0 Å². The van der Waals surface area contributed by atoms with Crippen LogP contribution in [0.3, 0.4) is 0 Å².